The molecule has 1 aromatic rings. The van der Waals surface area contributed by atoms with E-state index in [9.17, 15) is 0 Å². The van der Waals surface area contributed by atoms with Gasteiger partial charge in [0.05, 0.1) is 0 Å². The second-order valence-electron chi connectivity index (χ2n) is 4.38. The number of hydrogen-bond donors (Lipinski definition) is 2. The maximum Gasteiger partial charge on any atom is 0.0270 e. The summed E-state index contributed by atoms with van der Waals surface area (Å²) in [5, 5.41) is 0. The van der Waals surface area contributed by atoms with E-state index in [1.807, 2.05) is 11.3 Å². The molecule has 16 heavy (non-hydrogen) atoms. The molecule has 92 valence electrons. The quantitative estimate of drug-likeness (QED) is 0.563. The van der Waals surface area contributed by atoms with Crippen molar-refractivity contribution in [3.8, 4) is 0 Å². The van der Waals surface area contributed by atoms with Crippen molar-refractivity contribution >= 4 is 11.3 Å². The smallest absolute Gasteiger partial charge is 0.0270 e. The van der Waals surface area contributed by atoms with Gasteiger partial charge < -0.3 is 4.90 Å². The summed E-state index contributed by atoms with van der Waals surface area (Å²) in [6, 6.07) is 4.83. The van der Waals surface area contributed by atoms with E-state index < -0.39 is 0 Å². The van der Waals surface area contributed by atoms with Crippen LogP contribution in [0.3, 0.4) is 0 Å². The molecule has 3 nitrogen and oxygen atoms in total. The van der Waals surface area contributed by atoms with Gasteiger partial charge in [-0.1, -0.05) is 6.92 Å². The van der Waals surface area contributed by atoms with Crippen LogP contribution in [0.1, 0.15) is 23.1 Å². The fourth-order valence-electron chi connectivity index (χ4n) is 1.62. The van der Waals surface area contributed by atoms with Crippen molar-refractivity contribution in [3.05, 3.63) is 21.9 Å². The Balaban J connectivity index is 2.42. The number of nitrogens with two attached hydrogens (primary N) is 1. The number of hydrazine groups is 1. The average Bonchev–Trinajstić information content (AvgIpc) is 2.71. The van der Waals surface area contributed by atoms with Crippen LogP contribution in [-0.2, 0) is 12.8 Å². The van der Waals surface area contributed by atoms with Gasteiger partial charge in [0.2, 0.25) is 0 Å². The van der Waals surface area contributed by atoms with Crippen LogP contribution in [0.2, 0.25) is 0 Å². The van der Waals surface area contributed by atoms with E-state index in [2.05, 4.69) is 43.5 Å². The van der Waals surface area contributed by atoms with Gasteiger partial charge >= 0.3 is 0 Å². The summed E-state index contributed by atoms with van der Waals surface area (Å²) in [5.74, 6) is 5.58. The molecule has 0 saturated carbocycles. The first-order valence-corrected chi connectivity index (χ1v) is 6.65. The van der Waals surface area contributed by atoms with E-state index in [-0.39, 0.29) is 0 Å². The minimum absolute atomic E-state index is 0.380. The fourth-order valence-corrected chi connectivity index (χ4v) is 2.66. The molecular formula is C12H23N3S. The summed E-state index contributed by atoms with van der Waals surface area (Å²) in [6.45, 7) is 3.27. The van der Waals surface area contributed by atoms with Crippen LogP contribution in [0.15, 0.2) is 12.1 Å². The SMILES string of the molecule is CCc1ccc(CC(CCN(C)C)NN)s1. The highest BCUT2D eigenvalue weighted by Crippen LogP contribution is 2.19. The molecule has 0 fully saturated rings. The second kappa shape index (κ2) is 7.01. The van der Waals surface area contributed by atoms with Crippen molar-refractivity contribution < 1.29 is 0 Å². The first-order chi connectivity index (χ1) is 7.65. The molecule has 1 aromatic heterocycles. The molecule has 1 unspecified atom stereocenters. The highest BCUT2D eigenvalue weighted by atomic mass is 32.1. The molecule has 0 bridgehead atoms. The maximum atomic E-state index is 5.58. The van der Waals surface area contributed by atoms with Crippen LogP contribution in [-0.4, -0.2) is 31.6 Å². The molecule has 4 heteroatoms. The number of nitrogens with zero attached hydrogens (tertiary/aromatic N) is 1. The first kappa shape index (κ1) is 13.6. The lowest BCUT2D eigenvalue weighted by Crippen LogP contribution is -2.38. The zero-order valence-corrected chi connectivity index (χ0v) is 11.3. The van der Waals surface area contributed by atoms with Crippen molar-refractivity contribution in [2.24, 2.45) is 5.84 Å². The van der Waals surface area contributed by atoms with Crippen molar-refractivity contribution in [1.82, 2.24) is 10.3 Å². The second-order valence-corrected chi connectivity index (χ2v) is 5.63. The van der Waals surface area contributed by atoms with E-state index in [1.165, 1.54) is 9.75 Å². The zero-order valence-electron chi connectivity index (χ0n) is 10.5. The monoisotopic (exact) mass is 241 g/mol. The highest BCUT2D eigenvalue weighted by Gasteiger charge is 2.09. The highest BCUT2D eigenvalue weighted by molar-refractivity contribution is 7.11. The molecule has 1 heterocycles. The number of rotatable bonds is 7. The van der Waals surface area contributed by atoms with Crippen LogP contribution >= 0.6 is 11.3 Å². The lowest BCUT2D eigenvalue weighted by molar-refractivity contribution is 0.359. The van der Waals surface area contributed by atoms with Gasteiger partial charge in [-0.3, -0.25) is 11.3 Å². The summed E-state index contributed by atoms with van der Waals surface area (Å²) in [7, 11) is 4.18. The molecule has 0 aliphatic carbocycles. The minimum atomic E-state index is 0.380. The number of nitrogens with one attached hydrogen (secondary N) is 1. The molecule has 0 saturated heterocycles. The van der Waals surface area contributed by atoms with E-state index in [0.29, 0.717) is 6.04 Å². The predicted octanol–water partition coefficient (Wildman–Crippen LogP) is 1.64. The lowest BCUT2D eigenvalue weighted by atomic mass is 10.1. The summed E-state index contributed by atoms with van der Waals surface area (Å²) in [5.41, 5.74) is 2.91. The third-order valence-electron chi connectivity index (χ3n) is 2.67. The summed E-state index contributed by atoms with van der Waals surface area (Å²) in [6.07, 6.45) is 3.25. The fraction of sp³-hybridized carbons (Fsp3) is 0.667. The Morgan fingerprint density at radius 3 is 2.56 bits per heavy atom. The van der Waals surface area contributed by atoms with Crippen molar-refractivity contribution in [2.45, 2.75) is 32.2 Å². The summed E-state index contributed by atoms with van der Waals surface area (Å²) < 4.78 is 0. The largest absolute Gasteiger partial charge is 0.309 e. The van der Waals surface area contributed by atoms with Gasteiger partial charge in [0, 0.05) is 15.8 Å². The Kier molecular flexibility index (Phi) is 5.98. The standard InChI is InChI=1S/C12H23N3S/c1-4-11-5-6-12(16-11)9-10(14-13)7-8-15(2)3/h5-6,10,14H,4,7-9,13H2,1-3H3. The molecule has 1 atom stereocenters. The zero-order chi connectivity index (χ0) is 12.0. The van der Waals surface area contributed by atoms with Gasteiger partial charge in [0.15, 0.2) is 0 Å². The number of hydrogen-bond acceptors (Lipinski definition) is 4. The van der Waals surface area contributed by atoms with E-state index in [0.717, 1.165) is 25.8 Å². The molecule has 0 radical (unpaired) electrons. The number of thiophene rings is 1. The normalized spacial score (nSPS) is 13.3. The number of aryl methyl sites for hydroxylation is 1. The molecule has 0 spiro atoms. The topological polar surface area (TPSA) is 41.3 Å². The van der Waals surface area contributed by atoms with Gasteiger partial charge in [0.1, 0.15) is 0 Å². The third kappa shape index (κ3) is 4.61. The van der Waals surface area contributed by atoms with Crippen LogP contribution in [0, 0.1) is 0 Å². The van der Waals surface area contributed by atoms with E-state index in [4.69, 9.17) is 5.84 Å². The van der Waals surface area contributed by atoms with Crippen molar-refractivity contribution in [2.75, 3.05) is 20.6 Å². The van der Waals surface area contributed by atoms with E-state index in [1.54, 1.807) is 0 Å². The Labute approximate surface area is 103 Å². The van der Waals surface area contributed by atoms with Crippen LogP contribution in [0.5, 0.6) is 0 Å². The Morgan fingerprint density at radius 1 is 1.38 bits per heavy atom. The van der Waals surface area contributed by atoms with Crippen molar-refractivity contribution in [3.63, 3.8) is 0 Å². The van der Waals surface area contributed by atoms with Gasteiger partial charge in [0.25, 0.3) is 0 Å². The Morgan fingerprint density at radius 2 is 2.06 bits per heavy atom. The van der Waals surface area contributed by atoms with Gasteiger partial charge in [-0.25, -0.2) is 0 Å². The van der Waals surface area contributed by atoms with Crippen LogP contribution in [0.4, 0.5) is 0 Å². The van der Waals surface area contributed by atoms with Gasteiger partial charge in [-0.2, -0.15) is 0 Å². The molecule has 1 rings (SSSR count). The minimum Gasteiger partial charge on any atom is -0.309 e. The average molecular weight is 241 g/mol. The Hall–Kier alpha value is -0.420. The van der Waals surface area contributed by atoms with Crippen LogP contribution < -0.4 is 11.3 Å². The van der Waals surface area contributed by atoms with E-state index >= 15 is 0 Å². The first-order valence-electron chi connectivity index (χ1n) is 5.84. The van der Waals surface area contributed by atoms with Crippen molar-refractivity contribution in [1.29, 1.82) is 0 Å². The molecule has 0 aromatic carbocycles. The Bertz CT molecular complexity index is 296. The third-order valence-corrected chi connectivity index (χ3v) is 3.93. The molecule has 0 aliphatic heterocycles. The lowest BCUT2D eigenvalue weighted by Gasteiger charge is -2.17. The summed E-state index contributed by atoms with van der Waals surface area (Å²) in [4.78, 5) is 5.08. The van der Waals surface area contributed by atoms with Gasteiger partial charge in [-0.05, 0) is 52.0 Å². The molecule has 0 aliphatic rings. The molecule has 0 amide bonds. The molecular weight excluding hydrogens is 218 g/mol. The molecule has 3 N–H and O–H groups in total. The predicted molar refractivity (Wildman–Crippen MR) is 71.7 cm³/mol. The van der Waals surface area contributed by atoms with Gasteiger partial charge in [-0.15, -0.1) is 11.3 Å². The maximum absolute atomic E-state index is 5.58. The van der Waals surface area contributed by atoms with Crippen LogP contribution in [0.25, 0.3) is 0 Å². The summed E-state index contributed by atoms with van der Waals surface area (Å²) >= 11 is 1.90.